The van der Waals surface area contributed by atoms with Crippen molar-refractivity contribution in [2.24, 2.45) is 0 Å². The molecule has 1 saturated carbocycles. The van der Waals surface area contributed by atoms with E-state index < -0.39 is 0 Å². The van der Waals surface area contributed by atoms with Crippen LogP contribution in [-0.4, -0.2) is 29.8 Å². The lowest BCUT2D eigenvalue weighted by molar-refractivity contribution is 0.0903. The summed E-state index contributed by atoms with van der Waals surface area (Å²) < 4.78 is 1.03. The molecule has 0 amide bonds. The molecule has 4 heteroatoms. The van der Waals surface area contributed by atoms with E-state index in [1.807, 2.05) is 12.1 Å². The summed E-state index contributed by atoms with van der Waals surface area (Å²) in [5.74, 6) is 0.259. The molecule has 17 heavy (non-hydrogen) atoms. The fourth-order valence-electron chi connectivity index (χ4n) is 2.50. The second kappa shape index (κ2) is 6.12. The largest absolute Gasteiger partial charge is 0.293 e. The number of thiophene rings is 1. The van der Waals surface area contributed by atoms with Crippen molar-refractivity contribution in [3.05, 3.63) is 20.8 Å². The van der Waals surface area contributed by atoms with Crippen molar-refractivity contribution in [3.63, 3.8) is 0 Å². The Bertz CT molecular complexity index is 385. The zero-order valence-corrected chi connectivity index (χ0v) is 12.5. The molecule has 1 fully saturated rings. The van der Waals surface area contributed by atoms with Crippen molar-refractivity contribution in [1.82, 2.24) is 4.90 Å². The maximum absolute atomic E-state index is 12.1. The lowest BCUT2D eigenvalue weighted by Crippen LogP contribution is -2.37. The van der Waals surface area contributed by atoms with E-state index in [0.29, 0.717) is 12.6 Å². The molecule has 0 radical (unpaired) electrons. The Hall–Kier alpha value is -0.190. The van der Waals surface area contributed by atoms with Gasteiger partial charge in [0.05, 0.1) is 15.2 Å². The summed E-state index contributed by atoms with van der Waals surface area (Å²) in [5, 5.41) is 0. The maximum atomic E-state index is 12.1. The fourth-order valence-corrected chi connectivity index (χ4v) is 3.81. The molecular formula is C13H18BrNOS. The minimum Gasteiger partial charge on any atom is -0.293 e. The first kappa shape index (κ1) is 13.2. The summed E-state index contributed by atoms with van der Waals surface area (Å²) >= 11 is 4.93. The molecule has 0 aromatic carbocycles. The highest BCUT2D eigenvalue weighted by molar-refractivity contribution is 9.11. The minimum absolute atomic E-state index is 0.259. The smallest absolute Gasteiger partial charge is 0.186 e. The number of carbonyl (C=O) groups is 1. The number of Topliss-reactive ketones (excluding diaryl/α,β-unsaturated/α-hetero) is 1. The summed E-state index contributed by atoms with van der Waals surface area (Å²) in [6, 6.07) is 4.50. The first-order valence-electron chi connectivity index (χ1n) is 6.23. The van der Waals surface area contributed by atoms with E-state index in [2.05, 4.69) is 27.8 Å². The van der Waals surface area contributed by atoms with Gasteiger partial charge in [0, 0.05) is 6.04 Å². The van der Waals surface area contributed by atoms with Gasteiger partial charge in [0.1, 0.15) is 0 Å². The molecule has 1 aromatic rings. The van der Waals surface area contributed by atoms with E-state index in [-0.39, 0.29) is 5.78 Å². The van der Waals surface area contributed by atoms with Crippen LogP contribution in [0.15, 0.2) is 15.9 Å². The molecule has 0 atom stereocenters. The summed E-state index contributed by atoms with van der Waals surface area (Å²) in [5.41, 5.74) is 0. The van der Waals surface area contributed by atoms with Crippen LogP contribution >= 0.6 is 27.3 Å². The molecule has 2 rings (SSSR count). The van der Waals surface area contributed by atoms with Crippen molar-refractivity contribution in [2.45, 2.75) is 38.6 Å². The number of likely N-dealkylation sites (N-methyl/N-ethyl adjacent to an activating group) is 1. The van der Waals surface area contributed by atoms with E-state index in [1.54, 1.807) is 0 Å². The van der Waals surface area contributed by atoms with E-state index in [0.717, 1.165) is 15.2 Å². The average Bonchev–Trinajstić information content (AvgIpc) is 2.96. The molecule has 2 nitrogen and oxygen atoms in total. The molecule has 94 valence electrons. The van der Waals surface area contributed by atoms with Gasteiger partial charge < -0.3 is 0 Å². The van der Waals surface area contributed by atoms with Crippen LogP contribution in [0.5, 0.6) is 0 Å². The van der Waals surface area contributed by atoms with Gasteiger partial charge in [-0.15, -0.1) is 11.3 Å². The number of halogens is 1. The van der Waals surface area contributed by atoms with Crippen LogP contribution in [0, 0.1) is 0 Å². The highest BCUT2D eigenvalue weighted by Gasteiger charge is 2.23. The van der Waals surface area contributed by atoms with Crippen molar-refractivity contribution in [3.8, 4) is 0 Å². The Kier molecular flexibility index (Phi) is 4.77. The van der Waals surface area contributed by atoms with Gasteiger partial charge in [-0.3, -0.25) is 9.69 Å². The number of rotatable bonds is 5. The van der Waals surface area contributed by atoms with Gasteiger partial charge in [0.15, 0.2) is 5.78 Å². The van der Waals surface area contributed by atoms with Gasteiger partial charge in [0.25, 0.3) is 0 Å². The third-order valence-electron chi connectivity index (χ3n) is 3.44. The van der Waals surface area contributed by atoms with E-state index in [1.165, 1.54) is 37.0 Å². The van der Waals surface area contributed by atoms with E-state index >= 15 is 0 Å². The van der Waals surface area contributed by atoms with Crippen molar-refractivity contribution in [1.29, 1.82) is 0 Å². The molecule has 0 bridgehead atoms. The Balaban J connectivity index is 1.96. The number of ketones is 1. The van der Waals surface area contributed by atoms with Crippen LogP contribution in [0.1, 0.15) is 42.3 Å². The van der Waals surface area contributed by atoms with Crippen molar-refractivity contribution in [2.75, 3.05) is 13.1 Å². The Labute approximate surface area is 115 Å². The molecule has 1 aliphatic rings. The van der Waals surface area contributed by atoms with Crippen LogP contribution < -0.4 is 0 Å². The van der Waals surface area contributed by atoms with Gasteiger partial charge in [-0.25, -0.2) is 0 Å². The lowest BCUT2D eigenvalue weighted by Gasteiger charge is -2.26. The number of hydrogen-bond acceptors (Lipinski definition) is 3. The Morgan fingerprint density at radius 3 is 2.71 bits per heavy atom. The molecule has 0 N–H and O–H groups in total. The first-order valence-corrected chi connectivity index (χ1v) is 7.84. The van der Waals surface area contributed by atoms with Crippen LogP contribution in [0.3, 0.4) is 0 Å². The zero-order valence-electron chi connectivity index (χ0n) is 10.1. The number of carbonyl (C=O) groups excluding carboxylic acids is 1. The summed E-state index contributed by atoms with van der Waals surface area (Å²) in [4.78, 5) is 15.3. The second-order valence-corrected chi connectivity index (χ2v) is 6.99. The first-order chi connectivity index (χ1) is 8.20. The normalized spacial score (nSPS) is 16.9. The fraction of sp³-hybridized carbons (Fsp3) is 0.615. The minimum atomic E-state index is 0.259. The molecule has 0 spiro atoms. The van der Waals surface area contributed by atoms with Crippen LogP contribution in [0.25, 0.3) is 0 Å². The van der Waals surface area contributed by atoms with Crippen LogP contribution in [0.4, 0.5) is 0 Å². The predicted molar refractivity (Wildman–Crippen MR) is 75.9 cm³/mol. The molecular weight excluding hydrogens is 298 g/mol. The zero-order chi connectivity index (χ0) is 12.3. The highest BCUT2D eigenvalue weighted by atomic mass is 79.9. The SMILES string of the molecule is CCN(CC(=O)c1ccc(Br)s1)C1CCCC1. The molecule has 1 aliphatic carbocycles. The average molecular weight is 316 g/mol. The summed E-state index contributed by atoms with van der Waals surface area (Å²) in [7, 11) is 0. The monoisotopic (exact) mass is 315 g/mol. The number of nitrogens with zero attached hydrogens (tertiary/aromatic N) is 1. The van der Waals surface area contributed by atoms with Gasteiger partial charge >= 0.3 is 0 Å². The second-order valence-electron chi connectivity index (χ2n) is 4.53. The summed E-state index contributed by atoms with van der Waals surface area (Å²) in [6.45, 7) is 3.70. The lowest BCUT2D eigenvalue weighted by atomic mass is 10.2. The molecule has 0 aliphatic heterocycles. The van der Waals surface area contributed by atoms with Gasteiger partial charge in [-0.1, -0.05) is 19.8 Å². The van der Waals surface area contributed by atoms with Crippen molar-refractivity contribution >= 4 is 33.0 Å². The molecule has 1 aromatic heterocycles. The molecule has 1 heterocycles. The van der Waals surface area contributed by atoms with Gasteiger partial charge in [-0.05, 0) is 47.4 Å². The third kappa shape index (κ3) is 3.39. The Morgan fingerprint density at radius 2 is 2.18 bits per heavy atom. The maximum Gasteiger partial charge on any atom is 0.186 e. The molecule has 0 unspecified atom stereocenters. The molecule has 0 saturated heterocycles. The van der Waals surface area contributed by atoms with Crippen LogP contribution in [-0.2, 0) is 0 Å². The standard InChI is InChI=1S/C13H18BrNOS/c1-2-15(10-5-3-4-6-10)9-11(16)12-7-8-13(14)17-12/h7-8,10H,2-6,9H2,1H3. The summed E-state index contributed by atoms with van der Waals surface area (Å²) in [6.07, 6.45) is 5.16. The van der Waals surface area contributed by atoms with E-state index in [9.17, 15) is 4.79 Å². The highest BCUT2D eigenvalue weighted by Crippen LogP contribution is 2.25. The number of hydrogen-bond donors (Lipinski definition) is 0. The third-order valence-corrected chi connectivity index (χ3v) is 5.11. The van der Waals surface area contributed by atoms with Crippen LogP contribution in [0.2, 0.25) is 0 Å². The Morgan fingerprint density at radius 1 is 1.47 bits per heavy atom. The quantitative estimate of drug-likeness (QED) is 0.767. The van der Waals surface area contributed by atoms with Crippen molar-refractivity contribution < 1.29 is 4.79 Å². The topological polar surface area (TPSA) is 20.3 Å². The van der Waals surface area contributed by atoms with E-state index in [4.69, 9.17) is 0 Å². The van der Waals surface area contributed by atoms with Gasteiger partial charge in [0.2, 0.25) is 0 Å². The predicted octanol–water partition coefficient (Wildman–Crippen LogP) is 3.96. The van der Waals surface area contributed by atoms with Gasteiger partial charge in [-0.2, -0.15) is 0 Å².